The third-order valence-electron chi connectivity index (χ3n) is 3.61. The van der Waals surface area contributed by atoms with Crippen molar-refractivity contribution in [1.82, 2.24) is 9.78 Å². The maximum atomic E-state index is 12.2. The number of anilines is 1. The lowest BCUT2D eigenvalue weighted by Gasteiger charge is -2.15. The van der Waals surface area contributed by atoms with Gasteiger partial charge in [-0.2, -0.15) is 5.10 Å². The van der Waals surface area contributed by atoms with E-state index in [0.29, 0.717) is 16.5 Å². The number of aromatic nitrogens is 2. The third kappa shape index (κ3) is 3.62. The maximum absolute atomic E-state index is 12.2. The molecule has 1 amide bonds. The normalized spacial score (nSPS) is 12.3. The van der Waals surface area contributed by atoms with Gasteiger partial charge in [-0.15, -0.1) is 0 Å². The fourth-order valence-corrected chi connectivity index (χ4v) is 2.65. The third-order valence-corrected chi connectivity index (χ3v) is 4.39. The van der Waals surface area contributed by atoms with Crippen molar-refractivity contribution in [2.75, 3.05) is 5.32 Å². The molecule has 0 unspecified atom stereocenters. The summed E-state index contributed by atoms with van der Waals surface area (Å²) in [6.45, 7) is 7.63. The highest BCUT2D eigenvalue weighted by Gasteiger charge is 2.17. The minimum Gasteiger partial charge on any atom is -0.326 e. The minimum absolute atomic E-state index is 0.0781. The predicted octanol–water partition coefficient (Wildman–Crippen LogP) is 4.70. The quantitative estimate of drug-likeness (QED) is 0.876. The van der Waals surface area contributed by atoms with Crippen molar-refractivity contribution in [3.8, 4) is 0 Å². The van der Waals surface area contributed by atoms with Gasteiger partial charge >= 0.3 is 0 Å². The first-order valence-electron chi connectivity index (χ1n) is 7.06. The van der Waals surface area contributed by atoms with Crippen molar-refractivity contribution in [2.45, 2.75) is 40.2 Å². The van der Waals surface area contributed by atoms with Gasteiger partial charge in [0.05, 0.1) is 22.5 Å². The van der Waals surface area contributed by atoms with Crippen LogP contribution < -0.4 is 5.32 Å². The SMILES string of the molecule is Cc1ccc(Cl)cc1NC(=O)C[C@@H](C)n1nc(C)c(Cl)c1C. The largest absolute Gasteiger partial charge is 0.326 e. The zero-order chi connectivity index (χ0) is 16.4. The standard InChI is InChI=1S/C16H19Cl2N3O/c1-9-5-6-13(17)8-14(9)19-15(22)7-10(2)21-12(4)16(18)11(3)20-21/h5-6,8,10H,7H2,1-4H3,(H,19,22)/t10-/m1/s1. The van der Waals surface area contributed by atoms with Crippen molar-refractivity contribution >= 4 is 34.8 Å². The molecule has 6 heteroatoms. The molecule has 0 saturated carbocycles. The van der Waals surface area contributed by atoms with Gasteiger partial charge in [-0.05, 0) is 45.4 Å². The number of nitrogens with one attached hydrogen (secondary N) is 1. The number of amides is 1. The molecule has 1 aromatic heterocycles. The molecular formula is C16H19Cl2N3O. The Bertz CT molecular complexity index is 710. The lowest BCUT2D eigenvalue weighted by atomic mass is 10.1. The van der Waals surface area contributed by atoms with Crippen molar-refractivity contribution in [1.29, 1.82) is 0 Å². The van der Waals surface area contributed by atoms with Crippen LogP contribution in [0.25, 0.3) is 0 Å². The Balaban J connectivity index is 2.08. The summed E-state index contributed by atoms with van der Waals surface area (Å²) in [5, 5.41) is 8.53. The number of aryl methyl sites for hydroxylation is 2. The Hall–Kier alpha value is -1.52. The van der Waals surface area contributed by atoms with E-state index < -0.39 is 0 Å². The van der Waals surface area contributed by atoms with Crippen LogP contribution in [-0.4, -0.2) is 15.7 Å². The van der Waals surface area contributed by atoms with E-state index in [1.54, 1.807) is 16.8 Å². The van der Waals surface area contributed by atoms with E-state index in [4.69, 9.17) is 23.2 Å². The Morgan fingerprint density at radius 3 is 2.59 bits per heavy atom. The van der Waals surface area contributed by atoms with Gasteiger partial charge in [0.1, 0.15) is 0 Å². The number of benzene rings is 1. The second-order valence-electron chi connectivity index (χ2n) is 5.49. The van der Waals surface area contributed by atoms with Crippen LogP contribution in [0.1, 0.15) is 36.3 Å². The monoisotopic (exact) mass is 339 g/mol. The van der Waals surface area contributed by atoms with E-state index in [2.05, 4.69) is 10.4 Å². The molecule has 0 aliphatic heterocycles. The Morgan fingerprint density at radius 2 is 2.00 bits per heavy atom. The molecule has 0 fully saturated rings. The summed E-state index contributed by atoms with van der Waals surface area (Å²) in [5.74, 6) is -0.0819. The molecule has 0 saturated heterocycles. The Morgan fingerprint density at radius 1 is 1.32 bits per heavy atom. The molecule has 0 radical (unpaired) electrons. The maximum Gasteiger partial charge on any atom is 0.226 e. The molecule has 1 N–H and O–H groups in total. The zero-order valence-corrected chi connectivity index (χ0v) is 14.6. The van der Waals surface area contributed by atoms with E-state index in [1.165, 1.54) is 0 Å². The van der Waals surface area contributed by atoms with Gasteiger partial charge in [-0.1, -0.05) is 29.3 Å². The molecule has 0 aliphatic rings. The van der Waals surface area contributed by atoms with E-state index in [1.807, 2.05) is 33.8 Å². The first-order valence-corrected chi connectivity index (χ1v) is 7.82. The Kier molecular flexibility index (Phi) is 5.14. The molecule has 0 bridgehead atoms. The molecule has 2 aromatic rings. The summed E-state index contributed by atoms with van der Waals surface area (Å²) >= 11 is 12.1. The molecule has 1 aromatic carbocycles. The highest BCUT2D eigenvalue weighted by Crippen LogP contribution is 2.24. The summed E-state index contributed by atoms with van der Waals surface area (Å²) in [4.78, 5) is 12.2. The smallest absolute Gasteiger partial charge is 0.226 e. The fourth-order valence-electron chi connectivity index (χ4n) is 2.36. The molecular weight excluding hydrogens is 321 g/mol. The van der Waals surface area contributed by atoms with Crippen LogP contribution in [0, 0.1) is 20.8 Å². The van der Waals surface area contributed by atoms with Gasteiger partial charge in [-0.3, -0.25) is 9.48 Å². The van der Waals surface area contributed by atoms with Gasteiger partial charge in [0.15, 0.2) is 0 Å². The molecule has 2 rings (SSSR count). The van der Waals surface area contributed by atoms with Crippen LogP contribution in [0.5, 0.6) is 0 Å². The van der Waals surface area contributed by atoms with E-state index in [0.717, 1.165) is 22.6 Å². The summed E-state index contributed by atoms with van der Waals surface area (Å²) < 4.78 is 1.79. The van der Waals surface area contributed by atoms with E-state index in [-0.39, 0.29) is 11.9 Å². The van der Waals surface area contributed by atoms with Gasteiger partial charge in [0.2, 0.25) is 5.91 Å². The number of rotatable bonds is 4. The van der Waals surface area contributed by atoms with Crippen LogP contribution in [0.15, 0.2) is 18.2 Å². The summed E-state index contributed by atoms with van der Waals surface area (Å²) in [5.41, 5.74) is 3.35. The van der Waals surface area contributed by atoms with E-state index >= 15 is 0 Å². The van der Waals surface area contributed by atoms with Gasteiger partial charge in [0, 0.05) is 17.1 Å². The molecule has 118 valence electrons. The number of hydrogen-bond acceptors (Lipinski definition) is 2. The summed E-state index contributed by atoms with van der Waals surface area (Å²) in [6, 6.07) is 5.35. The highest BCUT2D eigenvalue weighted by molar-refractivity contribution is 6.31. The van der Waals surface area contributed by atoms with Crippen LogP contribution in [0.4, 0.5) is 5.69 Å². The molecule has 4 nitrogen and oxygen atoms in total. The number of halogens is 2. The number of nitrogens with zero attached hydrogens (tertiary/aromatic N) is 2. The Labute approximate surface area is 140 Å². The molecule has 1 heterocycles. The zero-order valence-electron chi connectivity index (χ0n) is 13.1. The van der Waals surface area contributed by atoms with Crippen LogP contribution in [0.3, 0.4) is 0 Å². The average molecular weight is 340 g/mol. The number of hydrogen-bond donors (Lipinski definition) is 1. The second kappa shape index (κ2) is 6.71. The van der Waals surface area contributed by atoms with E-state index in [9.17, 15) is 4.79 Å². The average Bonchev–Trinajstić information content (AvgIpc) is 2.70. The van der Waals surface area contributed by atoms with Crippen LogP contribution in [-0.2, 0) is 4.79 Å². The first-order chi connectivity index (χ1) is 10.3. The summed E-state index contributed by atoms with van der Waals surface area (Å²) in [7, 11) is 0. The molecule has 1 atom stereocenters. The molecule has 0 spiro atoms. The van der Waals surface area contributed by atoms with Crippen molar-refractivity contribution in [2.24, 2.45) is 0 Å². The lowest BCUT2D eigenvalue weighted by Crippen LogP contribution is -2.19. The second-order valence-corrected chi connectivity index (χ2v) is 6.30. The molecule has 22 heavy (non-hydrogen) atoms. The van der Waals surface area contributed by atoms with Crippen molar-refractivity contribution in [3.63, 3.8) is 0 Å². The van der Waals surface area contributed by atoms with Gasteiger partial charge in [-0.25, -0.2) is 0 Å². The topological polar surface area (TPSA) is 46.9 Å². The van der Waals surface area contributed by atoms with Crippen molar-refractivity contribution < 1.29 is 4.79 Å². The first kappa shape index (κ1) is 16.8. The highest BCUT2D eigenvalue weighted by atomic mass is 35.5. The number of carbonyl (C=O) groups is 1. The predicted molar refractivity (Wildman–Crippen MR) is 90.9 cm³/mol. The van der Waals surface area contributed by atoms with Crippen molar-refractivity contribution in [3.05, 3.63) is 45.2 Å². The number of carbonyl (C=O) groups excluding carboxylic acids is 1. The fraction of sp³-hybridized carbons (Fsp3) is 0.375. The van der Waals surface area contributed by atoms with Gasteiger partial charge in [0.25, 0.3) is 0 Å². The summed E-state index contributed by atoms with van der Waals surface area (Å²) in [6.07, 6.45) is 0.310. The lowest BCUT2D eigenvalue weighted by molar-refractivity contribution is -0.116. The van der Waals surface area contributed by atoms with Crippen LogP contribution in [0.2, 0.25) is 10.0 Å². The minimum atomic E-state index is -0.0819. The van der Waals surface area contributed by atoms with Crippen LogP contribution >= 0.6 is 23.2 Å². The van der Waals surface area contributed by atoms with Gasteiger partial charge < -0.3 is 5.32 Å². The molecule has 0 aliphatic carbocycles.